The van der Waals surface area contributed by atoms with Crippen LogP contribution in [0.2, 0.25) is 0 Å². The van der Waals surface area contributed by atoms with Gasteiger partial charge in [-0.15, -0.1) is 6.58 Å². The van der Waals surface area contributed by atoms with Crippen LogP contribution in [0.5, 0.6) is 0 Å². The molecule has 0 aliphatic heterocycles. The van der Waals surface area contributed by atoms with E-state index in [0.717, 1.165) is 12.8 Å². The Labute approximate surface area is 101 Å². The average molecular weight is 222 g/mol. The molecule has 0 radical (unpaired) electrons. The van der Waals surface area contributed by atoms with Crippen molar-refractivity contribution < 1.29 is 0 Å². The Morgan fingerprint density at radius 3 is 2.00 bits per heavy atom. The highest BCUT2D eigenvalue weighted by Crippen LogP contribution is 2.29. The Kier molecular flexibility index (Phi) is 6.36. The SMILES string of the molecule is C=CC.CC(C)(C)NC1(C#N)CCCCC1. The molecule has 0 spiro atoms. The van der Waals surface area contributed by atoms with E-state index in [4.69, 9.17) is 0 Å². The number of hydrogen-bond acceptors (Lipinski definition) is 2. The van der Waals surface area contributed by atoms with Gasteiger partial charge in [-0.3, -0.25) is 5.32 Å². The van der Waals surface area contributed by atoms with Crippen molar-refractivity contribution in [3.05, 3.63) is 12.7 Å². The normalized spacial score (nSPS) is 18.9. The predicted octanol–water partition coefficient (Wildman–Crippen LogP) is 3.79. The van der Waals surface area contributed by atoms with Crippen molar-refractivity contribution in [1.82, 2.24) is 5.32 Å². The molecule has 0 aromatic carbocycles. The number of nitrogens with one attached hydrogen (secondary N) is 1. The molecule has 2 heteroatoms. The van der Waals surface area contributed by atoms with Crippen molar-refractivity contribution in [3.8, 4) is 6.07 Å². The van der Waals surface area contributed by atoms with Gasteiger partial charge in [-0.1, -0.05) is 25.3 Å². The van der Waals surface area contributed by atoms with E-state index < -0.39 is 0 Å². The highest BCUT2D eigenvalue weighted by atomic mass is 15.0. The molecule has 0 atom stereocenters. The molecule has 16 heavy (non-hydrogen) atoms. The van der Waals surface area contributed by atoms with E-state index >= 15 is 0 Å². The number of hydrogen-bond donors (Lipinski definition) is 1. The summed E-state index contributed by atoms with van der Waals surface area (Å²) in [6.45, 7) is 11.6. The lowest BCUT2D eigenvalue weighted by Gasteiger charge is -2.37. The van der Waals surface area contributed by atoms with Crippen LogP contribution in [-0.2, 0) is 0 Å². The molecule has 1 aliphatic carbocycles. The van der Waals surface area contributed by atoms with E-state index in [1.807, 2.05) is 6.92 Å². The molecule has 2 nitrogen and oxygen atoms in total. The third-order valence-electron chi connectivity index (χ3n) is 2.54. The van der Waals surface area contributed by atoms with Gasteiger partial charge in [0.25, 0.3) is 0 Å². The van der Waals surface area contributed by atoms with Crippen LogP contribution in [0.1, 0.15) is 59.8 Å². The first-order valence-corrected chi connectivity index (χ1v) is 6.17. The van der Waals surface area contributed by atoms with E-state index in [0.29, 0.717) is 0 Å². The third kappa shape index (κ3) is 5.92. The molecule has 1 rings (SSSR count). The second kappa shape index (κ2) is 6.70. The van der Waals surface area contributed by atoms with Crippen LogP contribution in [0.15, 0.2) is 12.7 Å². The van der Waals surface area contributed by atoms with Gasteiger partial charge in [0.1, 0.15) is 5.54 Å². The highest BCUT2D eigenvalue weighted by Gasteiger charge is 2.34. The standard InChI is InChI=1S/C11H20N2.C3H6/c1-10(2,3)13-11(9-12)7-5-4-6-8-11;1-3-2/h13H,4-8H2,1-3H3;3H,1H2,2H3. The first kappa shape index (κ1) is 15.2. The van der Waals surface area contributed by atoms with Gasteiger partial charge in [0.05, 0.1) is 6.07 Å². The lowest BCUT2D eigenvalue weighted by atomic mass is 9.81. The van der Waals surface area contributed by atoms with Gasteiger partial charge >= 0.3 is 0 Å². The Balaban J connectivity index is 0.000000673. The first-order valence-electron chi connectivity index (χ1n) is 6.17. The van der Waals surface area contributed by atoms with Crippen LogP contribution < -0.4 is 5.32 Å². The lowest BCUT2D eigenvalue weighted by molar-refractivity contribution is 0.234. The predicted molar refractivity (Wildman–Crippen MR) is 70.2 cm³/mol. The van der Waals surface area contributed by atoms with E-state index in [1.54, 1.807) is 6.08 Å². The van der Waals surface area contributed by atoms with Crippen molar-refractivity contribution in [2.24, 2.45) is 0 Å². The van der Waals surface area contributed by atoms with Gasteiger partial charge in [0.15, 0.2) is 0 Å². The number of rotatable bonds is 1. The monoisotopic (exact) mass is 222 g/mol. The Morgan fingerprint density at radius 2 is 1.69 bits per heavy atom. The molecular weight excluding hydrogens is 196 g/mol. The average Bonchev–Trinajstić information content (AvgIpc) is 2.18. The van der Waals surface area contributed by atoms with Crippen LogP contribution in [0.3, 0.4) is 0 Å². The Hall–Kier alpha value is -0.810. The molecular formula is C14H26N2. The summed E-state index contributed by atoms with van der Waals surface area (Å²) in [7, 11) is 0. The van der Waals surface area contributed by atoms with Crippen molar-refractivity contribution in [2.75, 3.05) is 0 Å². The molecule has 0 amide bonds. The third-order valence-corrected chi connectivity index (χ3v) is 2.54. The molecule has 1 fully saturated rings. The summed E-state index contributed by atoms with van der Waals surface area (Å²) in [6.07, 6.45) is 7.45. The maximum atomic E-state index is 9.19. The molecule has 0 aromatic heterocycles. The molecule has 1 aliphatic rings. The summed E-state index contributed by atoms with van der Waals surface area (Å²) in [5, 5.41) is 12.7. The molecule has 0 saturated heterocycles. The Bertz CT molecular complexity index is 236. The minimum atomic E-state index is -0.240. The van der Waals surface area contributed by atoms with Crippen LogP contribution >= 0.6 is 0 Å². The van der Waals surface area contributed by atoms with Crippen molar-refractivity contribution in [1.29, 1.82) is 5.26 Å². The fraction of sp³-hybridized carbons (Fsp3) is 0.786. The smallest absolute Gasteiger partial charge is 0.107 e. The number of allylic oxidation sites excluding steroid dienone is 1. The molecule has 0 heterocycles. The molecule has 1 N–H and O–H groups in total. The van der Waals surface area contributed by atoms with Gasteiger partial charge in [-0.05, 0) is 40.5 Å². The van der Waals surface area contributed by atoms with Gasteiger partial charge in [-0.2, -0.15) is 5.26 Å². The number of nitriles is 1. The minimum absolute atomic E-state index is 0.0487. The molecule has 0 aromatic rings. The second-order valence-electron chi connectivity index (χ2n) is 5.54. The number of nitrogens with zero attached hydrogens (tertiary/aromatic N) is 1. The van der Waals surface area contributed by atoms with Crippen molar-refractivity contribution >= 4 is 0 Å². The summed E-state index contributed by atoms with van der Waals surface area (Å²) in [5.41, 5.74) is -0.191. The molecule has 1 saturated carbocycles. The van der Waals surface area contributed by atoms with Crippen molar-refractivity contribution in [2.45, 2.75) is 70.9 Å². The zero-order chi connectivity index (χ0) is 12.7. The molecule has 0 unspecified atom stereocenters. The first-order chi connectivity index (χ1) is 7.39. The summed E-state index contributed by atoms with van der Waals surface area (Å²) in [6, 6.07) is 2.46. The van der Waals surface area contributed by atoms with Gasteiger partial charge < -0.3 is 0 Å². The van der Waals surface area contributed by atoms with E-state index in [1.165, 1.54) is 19.3 Å². The quantitative estimate of drug-likeness (QED) is 0.685. The van der Waals surface area contributed by atoms with Crippen LogP contribution in [0.25, 0.3) is 0 Å². The van der Waals surface area contributed by atoms with Crippen LogP contribution in [0.4, 0.5) is 0 Å². The second-order valence-corrected chi connectivity index (χ2v) is 5.54. The zero-order valence-corrected chi connectivity index (χ0v) is 11.3. The van der Waals surface area contributed by atoms with E-state index in [9.17, 15) is 5.26 Å². The summed E-state index contributed by atoms with van der Waals surface area (Å²) in [5.74, 6) is 0. The minimum Gasteiger partial charge on any atom is -0.295 e. The Morgan fingerprint density at radius 1 is 1.25 bits per heavy atom. The zero-order valence-electron chi connectivity index (χ0n) is 11.3. The van der Waals surface area contributed by atoms with Gasteiger partial charge in [0, 0.05) is 5.54 Å². The van der Waals surface area contributed by atoms with E-state index in [2.05, 4.69) is 38.7 Å². The van der Waals surface area contributed by atoms with Gasteiger partial charge in [0.2, 0.25) is 0 Å². The molecule has 92 valence electrons. The maximum Gasteiger partial charge on any atom is 0.107 e. The summed E-state index contributed by atoms with van der Waals surface area (Å²) < 4.78 is 0. The largest absolute Gasteiger partial charge is 0.295 e. The topological polar surface area (TPSA) is 35.8 Å². The summed E-state index contributed by atoms with van der Waals surface area (Å²) in [4.78, 5) is 0. The van der Waals surface area contributed by atoms with E-state index in [-0.39, 0.29) is 11.1 Å². The van der Waals surface area contributed by atoms with Gasteiger partial charge in [-0.25, -0.2) is 0 Å². The fourth-order valence-electron chi connectivity index (χ4n) is 2.14. The fourth-order valence-corrected chi connectivity index (χ4v) is 2.14. The maximum absolute atomic E-state index is 9.19. The lowest BCUT2D eigenvalue weighted by Crippen LogP contribution is -2.54. The van der Waals surface area contributed by atoms with Crippen molar-refractivity contribution in [3.63, 3.8) is 0 Å². The highest BCUT2D eigenvalue weighted by molar-refractivity contribution is 5.10. The van der Waals surface area contributed by atoms with Crippen LogP contribution in [0, 0.1) is 11.3 Å². The van der Waals surface area contributed by atoms with Crippen LogP contribution in [-0.4, -0.2) is 11.1 Å². The molecule has 0 bridgehead atoms. The summed E-state index contributed by atoms with van der Waals surface area (Å²) >= 11 is 0.